The third-order valence-corrected chi connectivity index (χ3v) is 6.82. The third kappa shape index (κ3) is 5.10. The summed E-state index contributed by atoms with van der Waals surface area (Å²) in [7, 11) is 3.58. The van der Waals surface area contributed by atoms with Gasteiger partial charge in [0, 0.05) is 25.2 Å². The molecule has 0 N–H and O–H groups in total. The minimum absolute atomic E-state index is 0.141. The molecule has 0 bridgehead atoms. The van der Waals surface area contributed by atoms with E-state index in [1.54, 1.807) is 7.11 Å². The van der Waals surface area contributed by atoms with Gasteiger partial charge in [0.05, 0.1) is 12.9 Å². The van der Waals surface area contributed by atoms with Crippen LogP contribution in [-0.2, 0) is 18.4 Å². The molecule has 1 heterocycles. The lowest BCUT2D eigenvalue weighted by Crippen LogP contribution is -2.40. The molecule has 1 aliphatic carbocycles. The van der Waals surface area contributed by atoms with Crippen molar-refractivity contribution in [3.8, 4) is 17.1 Å². The molecule has 1 unspecified atom stereocenters. The average molecular weight is 437 g/mol. The normalized spacial score (nSPS) is 14.3. The van der Waals surface area contributed by atoms with Crippen molar-refractivity contribution in [3.05, 3.63) is 60.2 Å². The summed E-state index contributed by atoms with van der Waals surface area (Å²) in [5.41, 5.74) is 2.12. The van der Waals surface area contributed by atoms with Gasteiger partial charge in [0.2, 0.25) is 5.91 Å². The fraction of sp³-hybridized carbons (Fsp3) is 0.375. The Balaban J connectivity index is 1.44. The van der Waals surface area contributed by atoms with Gasteiger partial charge >= 0.3 is 0 Å². The van der Waals surface area contributed by atoms with Crippen LogP contribution in [0, 0.1) is 5.92 Å². The van der Waals surface area contributed by atoms with Gasteiger partial charge in [0.15, 0.2) is 11.0 Å². The first-order chi connectivity index (χ1) is 15.1. The molecule has 0 aliphatic heterocycles. The molecule has 7 heteroatoms. The van der Waals surface area contributed by atoms with E-state index in [1.807, 2.05) is 59.0 Å². The minimum Gasteiger partial charge on any atom is -0.497 e. The second-order valence-corrected chi connectivity index (χ2v) is 8.91. The van der Waals surface area contributed by atoms with Gasteiger partial charge in [-0.15, -0.1) is 10.2 Å². The van der Waals surface area contributed by atoms with Crippen molar-refractivity contribution in [1.29, 1.82) is 0 Å². The monoisotopic (exact) mass is 436 g/mol. The Hall–Kier alpha value is -2.80. The standard InChI is InChI=1S/C24H28N4O2S/c1-17(19-9-10-19)28(15-18-7-5-4-6-8-18)22(29)16-31-24-26-25-23(27(24)2)20-11-13-21(30-3)14-12-20/h4-8,11-14,17,19H,9-10,15-16H2,1-3H3. The molecule has 1 atom stereocenters. The maximum absolute atomic E-state index is 13.2. The first-order valence-electron chi connectivity index (χ1n) is 10.6. The van der Waals surface area contributed by atoms with Crippen LogP contribution in [0.5, 0.6) is 5.75 Å². The van der Waals surface area contributed by atoms with E-state index >= 15 is 0 Å². The van der Waals surface area contributed by atoms with Gasteiger partial charge in [-0.2, -0.15) is 0 Å². The number of hydrogen-bond acceptors (Lipinski definition) is 5. The first-order valence-corrected chi connectivity index (χ1v) is 11.6. The maximum atomic E-state index is 13.2. The van der Waals surface area contributed by atoms with Crippen molar-refractivity contribution in [2.45, 2.75) is 37.5 Å². The van der Waals surface area contributed by atoms with E-state index < -0.39 is 0 Å². The summed E-state index contributed by atoms with van der Waals surface area (Å²) in [6, 6.07) is 18.2. The zero-order valence-electron chi connectivity index (χ0n) is 18.2. The lowest BCUT2D eigenvalue weighted by Gasteiger charge is -2.29. The van der Waals surface area contributed by atoms with Crippen molar-refractivity contribution in [1.82, 2.24) is 19.7 Å². The molecular weight excluding hydrogens is 408 g/mol. The Kier molecular flexibility index (Phi) is 6.61. The van der Waals surface area contributed by atoms with E-state index in [9.17, 15) is 4.79 Å². The fourth-order valence-corrected chi connectivity index (χ4v) is 4.51. The highest BCUT2D eigenvalue weighted by atomic mass is 32.2. The summed E-state index contributed by atoms with van der Waals surface area (Å²) in [5, 5.41) is 9.38. The number of aromatic nitrogens is 3. The van der Waals surface area contributed by atoms with Gasteiger partial charge in [0.25, 0.3) is 0 Å². The molecule has 31 heavy (non-hydrogen) atoms. The number of carbonyl (C=O) groups is 1. The van der Waals surface area contributed by atoms with Gasteiger partial charge in [-0.05, 0) is 55.5 Å². The summed E-state index contributed by atoms with van der Waals surface area (Å²) in [4.78, 5) is 15.2. The van der Waals surface area contributed by atoms with Crippen LogP contribution < -0.4 is 4.74 Å². The fourth-order valence-electron chi connectivity index (χ4n) is 3.71. The molecule has 0 spiro atoms. The van der Waals surface area contributed by atoms with Crippen LogP contribution in [0.2, 0.25) is 0 Å². The minimum atomic E-state index is 0.141. The molecule has 0 saturated heterocycles. The summed E-state index contributed by atoms with van der Waals surface area (Å²) in [5.74, 6) is 2.68. The zero-order chi connectivity index (χ0) is 21.8. The van der Waals surface area contributed by atoms with Crippen LogP contribution in [0.4, 0.5) is 0 Å². The van der Waals surface area contributed by atoms with Crippen molar-refractivity contribution < 1.29 is 9.53 Å². The predicted octanol–water partition coefficient (Wildman–Crippen LogP) is 4.41. The Morgan fingerprint density at radius 1 is 1.16 bits per heavy atom. The highest BCUT2D eigenvalue weighted by Crippen LogP contribution is 2.36. The van der Waals surface area contributed by atoms with Crippen molar-refractivity contribution in [2.24, 2.45) is 13.0 Å². The number of carbonyl (C=O) groups excluding carboxylic acids is 1. The van der Waals surface area contributed by atoms with E-state index in [4.69, 9.17) is 4.74 Å². The molecular formula is C24H28N4O2S. The lowest BCUT2D eigenvalue weighted by atomic mass is 10.1. The molecule has 0 radical (unpaired) electrons. The van der Waals surface area contributed by atoms with Crippen molar-refractivity contribution in [3.63, 3.8) is 0 Å². The number of nitrogens with zero attached hydrogens (tertiary/aromatic N) is 4. The Morgan fingerprint density at radius 3 is 2.52 bits per heavy atom. The molecule has 4 rings (SSSR count). The zero-order valence-corrected chi connectivity index (χ0v) is 19.0. The molecule has 1 amide bonds. The molecule has 1 fully saturated rings. The molecule has 1 saturated carbocycles. The summed E-state index contributed by atoms with van der Waals surface area (Å²) >= 11 is 1.44. The number of rotatable bonds is 9. The number of thioether (sulfide) groups is 1. The Morgan fingerprint density at radius 2 is 1.87 bits per heavy atom. The van der Waals surface area contributed by atoms with Crippen LogP contribution in [-0.4, -0.2) is 44.5 Å². The van der Waals surface area contributed by atoms with Gasteiger partial charge in [-0.25, -0.2) is 0 Å². The number of ether oxygens (including phenoxy) is 1. The Bertz CT molecular complexity index is 1020. The highest BCUT2D eigenvalue weighted by Gasteiger charge is 2.34. The van der Waals surface area contributed by atoms with Crippen molar-refractivity contribution >= 4 is 17.7 Å². The summed E-state index contributed by atoms with van der Waals surface area (Å²) in [6.07, 6.45) is 2.42. The first kappa shape index (κ1) is 21.4. The quantitative estimate of drug-likeness (QED) is 0.465. The number of amides is 1. The van der Waals surface area contributed by atoms with Crippen molar-refractivity contribution in [2.75, 3.05) is 12.9 Å². The van der Waals surface area contributed by atoms with E-state index in [1.165, 1.54) is 24.6 Å². The smallest absolute Gasteiger partial charge is 0.233 e. The average Bonchev–Trinajstić information content (AvgIpc) is 3.59. The van der Waals surface area contributed by atoms with Crippen LogP contribution >= 0.6 is 11.8 Å². The number of methoxy groups -OCH3 is 1. The SMILES string of the molecule is COc1ccc(-c2nnc(SCC(=O)N(Cc3ccccc3)C(C)C3CC3)n2C)cc1. The Labute approximate surface area is 187 Å². The van der Waals surface area contributed by atoms with E-state index in [2.05, 4.69) is 29.3 Å². The molecule has 162 valence electrons. The van der Waals surface area contributed by atoms with E-state index in [-0.39, 0.29) is 11.9 Å². The number of hydrogen-bond donors (Lipinski definition) is 0. The molecule has 3 aromatic rings. The molecule has 6 nitrogen and oxygen atoms in total. The van der Waals surface area contributed by atoms with Crippen LogP contribution in [0.3, 0.4) is 0 Å². The number of benzene rings is 2. The second kappa shape index (κ2) is 9.56. The highest BCUT2D eigenvalue weighted by molar-refractivity contribution is 7.99. The summed E-state index contributed by atoms with van der Waals surface area (Å²) in [6.45, 7) is 2.82. The van der Waals surface area contributed by atoms with Gasteiger partial charge in [0.1, 0.15) is 5.75 Å². The predicted molar refractivity (Wildman–Crippen MR) is 123 cm³/mol. The molecule has 1 aliphatic rings. The maximum Gasteiger partial charge on any atom is 0.233 e. The largest absolute Gasteiger partial charge is 0.497 e. The summed E-state index contributed by atoms with van der Waals surface area (Å²) < 4.78 is 7.16. The lowest BCUT2D eigenvalue weighted by molar-refractivity contribution is -0.131. The third-order valence-electron chi connectivity index (χ3n) is 5.82. The van der Waals surface area contributed by atoms with Gasteiger partial charge < -0.3 is 14.2 Å². The molecule has 1 aromatic heterocycles. The second-order valence-electron chi connectivity index (χ2n) is 7.97. The van der Waals surface area contributed by atoms with Gasteiger partial charge in [-0.3, -0.25) is 4.79 Å². The van der Waals surface area contributed by atoms with Crippen LogP contribution in [0.25, 0.3) is 11.4 Å². The molecule has 2 aromatic carbocycles. The van der Waals surface area contributed by atoms with E-state index in [0.717, 1.165) is 27.9 Å². The van der Waals surface area contributed by atoms with Crippen LogP contribution in [0.1, 0.15) is 25.3 Å². The van der Waals surface area contributed by atoms with Crippen LogP contribution in [0.15, 0.2) is 59.8 Å². The van der Waals surface area contributed by atoms with Gasteiger partial charge in [-0.1, -0.05) is 42.1 Å². The topological polar surface area (TPSA) is 60.3 Å². The van der Waals surface area contributed by atoms with E-state index in [0.29, 0.717) is 18.2 Å².